The zero-order valence-corrected chi connectivity index (χ0v) is 17.7. The van der Waals surface area contributed by atoms with E-state index < -0.39 is 5.43 Å². The Hall–Kier alpha value is -3.41. The maximum absolute atomic E-state index is 12.4. The monoisotopic (exact) mass is 417 g/mol. The molecule has 1 aliphatic heterocycles. The number of hydrogen-bond acceptors (Lipinski definition) is 5. The maximum Gasteiger partial charge on any atom is 0.253 e. The van der Waals surface area contributed by atoms with Crippen molar-refractivity contribution in [1.29, 1.82) is 0 Å². The van der Waals surface area contributed by atoms with Crippen LogP contribution in [-0.2, 0) is 13.1 Å². The molecule has 0 bridgehead atoms. The summed E-state index contributed by atoms with van der Waals surface area (Å²) in [5.74, 6) is -0.130. The molecule has 1 amide bonds. The smallest absolute Gasteiger partial charge is 0.253 e. The fourth-order valence-electron chi connectivity index (χ4n) is 3.92. The van der Waals surface area contributed by atoms with Crippen LogP contribution >= 0.6 is 0 Å². The second-order valence-corrected chi connectivity index (χ2v) is 8.15. The molecule has 1 fully saturated rings. The predicted octanol–water partition coefficient (Wildman–Crippen LogP) is 3.12. The Morgan fingerprint density at radius 3 is 2.13 bits per heavy atom. The Labute approximate surface area is 181 Å². The van der Waals surface area contributed by atoms with E-state index in [-0.39, 0.29) is 11.3 Å². The van der Waals surface area contributed by atoms with Crippen molar-refractivity contribution in [3.8, 4) is 0 Å². The number of aryl methyl sites for hydroxylation is 1. The highest BCUT2D eigenvalue weighted by Gasteiger charge is 2.26. The minimum absolute atomic E-state index is 0.130. The Balaban J connectivity index is 1.33. The number of hydrogen-bond donors (Lipinski definition) is 2. The van der Waals surface area contributed by atoms with Crippen molar-refractivity contribution in [2.75, 3.05) is 23.3 Å². The van der Waals surface area contributed by atoms with Gasteiger partial charge in [0.05, 0.1) is 0 Å². The molecule has 0 unspecified atom stereocenters. The first-order chi connectivity index (χ1) is 15.0. The molecule has 3 aromatic carbocycles. The molecule has 2 N–H and O–H groups in total. The fourth-order valence-corrected chi connectivity index (χ4v) is 3.92. The molecule has 0 atom stereocenters. The number of nitrogens with one attached hydrogen (secondary N) is 2. The van der Waals surface area contributed by atoms with Crippen molar-refractivity contribution in [3.05, 3.63) is 91.2 Å². The number of amides is 1. The quantitative estimate of drug-likeness (QED) is 0.578. The van der Waals surface area contributed by atoms with Gasteiger partial charge in [-0.3, -0.25) is 14.4 Å². The van der Waals surface area contributed by atoms with E-state index in [1.54, 1.807) is 12.1 Å². The van der Waals surface area contributed by atoms with Crippen LogP contribution in [0.25, 0.3) is 0 Å². The van der Waals surface area contributed by atoms with Crippen molar-refractivity contribution < 1.29 is 4.79 Å². The number of rotatable bonds is 7. The van der Waals surface area contributed by atoms with Crippen LogP contribution in [0.2, 0.25) is 0 Å². The van der Waals surface area contributed by atoms with Crippen LogP contribution in [0, 0.1) is 6.92 Å². The normalized spacial score (nSPS) is 13.9. The number of benzene rings is 2. The Morgan fingerprint density at radius 1 is 0.839 bits per heavy atom. The molecular formula is C25H27N3O3. The van der Waals surface area contributed by atoms with Gasteiger partial charge in [0, 0.05) is 31.7 Å². The van der Waals surface area contributed by atoms with Crippen LogP contribution in [0.5, 0.6) is 0 Å². The lowest BCUT2D eigenvalue weighted by molar-refractivity contribution is 0.0951. The van der Waals surface area contributed by atoms with Gasteiger partial charge < -0.3 is 15.5 Å². The van der Waals surface area contributed by atoms with Gasteiger partial charge in [-0.15, -0.1) is 0 Å². The van der Waals surface area contributed by atoms with Crippen molar-refractivity contribution >= 4 is 17.3 Å². The molecule has 1 aliphatic rings. The first kappa shape index (κ1) is 20.8. The summed E-state index contributed by atoms with van der Waals surface area (Å²) in [5.41, 5.74) is 3.90. The highest BCUT2D eigenvalue weighted by atomic mass is 16.2. The van der Waals surface area contributed by atoms with Crippen LogP contribution in [0.4, 0.5) is 11.4 Å². The molecule has 0 aromatic heterocycles. The van der Waals surface area contributed by atoms with Gasteiger partial charge in [-0.1, -0.05) is 42.0 Å². The molecule has 31 heavy (non-hydrogen) atoms. The zero-order chi connectivity index (χ0) is 21.8. The van der Waals surface area contributed by atoms with E-state index in [1.807, 2.05) is 48.2 Å². The number of anilines is 2. The van der Waals surface area contributed by atoms with E-state index >= 15 is 0 Å². The molecule has 0 saturated carbocycles. The van der Waals surface area contributed by atoms with Crippen LogP contribution in [0.3, 0.4) is 0 Å². The summed E-state index contributed by atoms with van der Waals surface area (Å²) in [7, 11) is 0. The average molecular weight is 418 g/mol. The number of carbonyl (C=O) groups excluding carboxylic acids is 1. The standard InChI is InChI=1S/C25H27N3O3/c1-17-5-7-18(8-6-17)16-27-25(31)20-11-9-19(10-12-20)15-26-21-22(24(30)23(21)29)28-13-3-2-4-14-28/h5-12,26H,2-4,13-16H2,1H3,(H,27,31). The van der Waals surface area contributed by atoms with Crippen LogP contribution < -0.4 is 26.4 Å². The first-order valence-corrected chi connectivity index (χ1v) is 10.8. The van der Waals surface area contributed by atoms with Gasteiger partial charge in [-0.2, -0.15) is 0 Å². The molecule has 1 heterocycles. The summed E-state index contributed by atoms with van der Waals surface area (Å²) in [4.78, 5) is 38.5. The van der Waals surface area contributed by atoms with E-state index in [0.717, 1.165) is 37.1 Å². The second-order valence-electron chi connectivity index (χ2n) is 8.15. The SMILES string of the molecule is Cc1ccc(CNC(=O)c2ccc(CNc3c(N4CCCCC4)c(=O)c3=O)cc2)cc1. The third-order valence-electron chi connectivity index (χ3n) is 5.82. The minimum Gasteiger partial charge on any atom is -0.376 e. The summed E-state index contributed by atoms with van der Waals surface area (Å²) < 4.78 is 0. The van der Waals surface area contributed by atoms with E-state index in [2.05, 4.69) is 10.6 Å². The van der Waals surface area contributed by atoms with Gasteiger partial charge in [-0.05, 0) is 49.4 Å². The third kappa shape index (κ3) is 4.68. The predicted molar refractivity (Wildman–Crippen MR) is 124 cm³/mol. The topological polar surface area (TPSA) is 78.5 Å². The van der Waals surface area contributed by atoms with Crippen LogP contribution in [0.15, 0.2) is 58.1 Å². The average Bonchev–Trinajstić information content (AvgIpc) is 2.81. The Bertz CT molecular complexity index is 1120. The minimum atomic E-state index is -0.437. The third-order valence-corrected chi connectivity index (χ3v) is 5.82. The molecule has 1 saturated heterocycles. The maximum atomic E-state index is 12.4. The van der Waals surface area contributed by atoms with Crippen molar-refractivity contribution in [3.63, 3.8) is 0 Å². The number of piperidine rings is 1. The molecular weight excluding hydrogens is 390 g/mol. The summed E-state index contributed by atoms with van der Waals surface area (Å²) in [6.45, 7) is 4.59. The summed E-state index contributed by atoms with van der Waals surface area (Å²) in [6.07, 6.45) is 3.26. The zero-order valence-electron chi connectivity index (χ0n) is 17.7. The highest BCUT2D eigenvalue weighted by molar-refractivity contribution is 5.94. The fraction of sp³-hybridized carbons (Fsp3) is 0.320. The second kappa shape index (κ2) is 9.16. The van der Waals surface area contributed by atoms with Gasteiger partial charge in [-0.25, -0.2) is 0 Å². The lowest BCUT2D eigenvalue weighted by atomic mass is 10.1. The molecule has 0 aliphatic carbocycles. The number of carbonyl (C=O) groups is 1. The van der Waals surface area contributed by atoms with E-state index in [0.29, 0.717) is 30.0 Å². The van der Waals surface area contributed by atoms with Crippen molar-refractivity contribution in [2.45, 2.75) is 39.3 Å². The van der Waals surface area contributed by atoms with Gasteiger partial charge in [0.25, 0.3) is 16.8 Å². The summed E-state index contributed by atoms with van der Waals surface area (Å²) >= 11 is 0. The number of nitrogens with zero attached hydrogens (tertiary/aromatic N) is 1. The van der Waals surface area contributed by atoms with Gasteiger partial charge in [0.1, 0.15) is 11.4 Å². The Morgan fingerprint density at radius 2 is 1.45 bits per heavy atom. The van der Waals surface area contributed by atoms with E-state index in [4.69, 9.17) is 0 Å². The molecule has 6 nitrogen and oxygen atoms in total. The molecule has 6 heteroatoms. The molecule has 4 rings (SSSR count). The van der Waals surface area contributed by atoms with Crippen LogP contribution in [0.1, 0.15) is 46.3 Å². The van der Waals surface area contributed by atoms with Crippen LogP contribution in [-0.4, -0.2) is 19.0 Å². The Kier molecular flexibility index (Phi) is 6.16. The molecule has 0 spiro atoms. The van der Waals surface area contributed by atoms with Crippen molar-refractivity contribution in [2.24, 2.45) is 0 Å². The highest BCUT2D eigenvalue weighted by Crippen LogP contribution is 2.24. The lowest BCUT2D eigenvalue weighted by Gasteiger charge is -2.30. The van der Waals surface area contributed by atoms with Crippen molar-refractivity contribution in [1.82, 2.24) is 5.32 Å². The van der Waals surface area contributed by atoms with Gasteiger partial charge >= 0.3 is 0 Å². The molecule has 3 aromatic rings. The van der Waals surface area contributed by atoms with Gasteiger partial charge in [0.15, 0.2) is 0 Å². The van der Waals surface area contributed by atoms with Gasteiger partial charge in [0.2, 0.25) is 0 Å². The summed E-state index contributed by atoms with van der Waals surface area (Å²) in [5, 5.41) is 6.06. The summed E-state index contributed by atoms with van der Waals surface area (Å²) in [6, 6.07) is 15.3. The van der Waals surface area contributed by atoms with E-state index in [1.165, 1.54) is 12.0 Å². The molecule has 0 radical (unpaired) electrons. The molecule has 160 valence electrons. The lowest BCUT2D eigenvalue weighted by Crippen LogP contribution is -2.44. The first-order valence-electron chi connectivity index (χ1n) is 10.8. The largest absolute Gasteiger partial charge is 0.376 e. The van der Waals surface area contributed by atoms with E-state index in [9.17, 15) is 14.4 Å².